The van der Waals surface area contributed by atoms with Gasteiger partial charge in [0.15, 0.2) is 0 Å². The maximum Gasteiger partial charge on any atom is 0.312 e. The van der Waals surface area contributed by atoms with Gasteiger partial charge >= 0.3 is 5.97 Å². The molecule has 14 heavy (non-hydrogen) atoms. The Labute approximate surface area is 88.1 Å². The van der Waals surface area contributed by atoms with Gasteiger partial charge in [-0.05, 0) is 12.1 Å². The van der Waals surface area contributed by atoms with Gasteiger partial charge in [0.05, 0.1) is 18.5 Å². The molecule has 0 atom stereocenters. The Morgan fingerprint density at radius 3 is 2.64 bits per heavy atom. The summed E-state index contributed by atoms with van der Waals surface area (Å²) < 4.78 is 4.49. The van der Waals surface area contributed by atoms with Crippen LogP contribution >= 0.6 is 12.2 Å². The number of ether oxygens (including phenoxy) is 1. The Bertz CT molecular complexity index is 324. The van der Waals surface area contributed by atoms with Crippen LogP contribution in [0.15, 0.2) is 30.3 Å². The van der Waals surface area contributed by atoms with Crippen molar-refractivity contribution in [2.45, 2.75) is 6.42 Å². The molecule has 0 radical (unpaired) electrons. The molecule has 74 valence electrons. The number of benzene rings is 1. The quantitative estimate of drug-likeness (QED) is 0.610. The largest absolute Gasteiger partial charge is 0.469 e. The van der Waals surface area contributed by atoms with E-state index in [1.165, 1.54) is 7.11 Å². The summed E-state index contributed by atoms with van der Waals surface area (Å²) in [5.74, 6) is -0.335. The number of hydrogen-bond acceptors (Lipinski definition) is 3. The van der Waals surface area contributed by atoms with Crippen molar-refractivity contribution in [1.29, 1.82) is 0 Å². The first-order valence-corrected chi connectivity index (χ1v) is 4.55. The second-order valence-electron chi connectivity index (χ2n) is 2.67. The summed E-state index contributed by atoms with van der Waals surface area (Å²) in [5, 5.41) is 2.94. The molecule has 0 aliphatic heterocycles. The number of carbonyl (C=O) groups is 1. The van der Waals surface area contributed by atoms with Gasteiger partial charge in [-0.15, -0.1) is 0 Å². The minimum atomic E-state index is -0.335. The number of carbonyl (C=O) groups excluding carboxylic acids is 1. The average molecular weight is 209 g/mol. The second-order valence-corrected chi connectivity index (χ2v) is 3.16. The van der Waals surface area contributed by atoms with E-state index in [2.05, 4.69) is 10.1 Å². The minimum absolute atomic E-state index is 0.112. The number of nitrogens with one attached hydrogen (secondary N) is 1. The minimum Gasteiger partial charge on any atom is -0.469 e. The number of esters is 1. The van der Waals surface area contributed by atoms with Gasteiger partial charge in [-0.3, -0.25) is 4.79 Å². The van der Waals surface area contributed by atoms with E-state index in [1.54, 1.807) is 0 Å². The van der Waals surface area contributed by atoms with Crippen molar-refractivity contribution >= 4 is 28.9 Å². The molecule has 0 unspecified atom stereocenters. The molecule has 1 aromatic rings. The molecule has 0 saturated heterocycles. The lowest BCUT2D eigenvalue weighted by molar-refractivity contribution is -0.139. The summed E-state index contributed by atoms with van der Waals surface area (Å²) in [5.41, 5.74) is 0.876. The van der Waals surface area contributed by atoms with Crippen LogP contribution < -0.4 is 5.32 Å². The molecule has 1 rings (SSSR count). The summed E-state index contributed by atoms with van der Waals surface area (Å²) in [7, 11) is 1.34. The second kappa shape index (κ2) is 5.34. The molecule has 0 spiro atoms. The Morgan fingerprint density at radius 2 is 2.07 bits per heavy atom. The standard InChI is InChI=1S/C10H11NO2S/c1-13-10(12)7-9(14)11-8-5-3-2-4-6-8/h2-6H,7H2,1H3,(H,11,14). The van der Waals surface area contributed by atoms with Crippen LogP contribution in [0.2, 0.25) is 0 Å². The van der Waals surface area contributed by atoms with E-state index in [4.69, 9.17) is 12.2 Å². The fourth-order valence-corrected chi connectivity index (χ4v) is 1.17. The van der Waals surface area contributed by atoms with Crippen molar-refractivity contribution < 1.29 is 9.53 Å². The summed E-state index contributed by atoms with van der Waals surface area (Å²) in [4.78, 5) is 11.3. The molecule has 0 amide bonds. The molecule has 4 heteroatoms. The normalized spacial score (nSPS) is 9.21. The zero-order valence-electron chi connectivity index (χ0n) is 7.82. The monoisotopic (exact) mass is 209 g/mol. The Morgan fingerprint density at radius 1 is 1.43 bits per heavy atom. The van der Waals surface area contributed by atoms with Crippen LogP contribution in [0, 0.1) is 0 Å². The molecule has 0 heterocycles. The predicted octanol–water partition coefficient (Wildman–Crippen LogP) is 1.99. The molecule has 0 saturated carbocycles. The number of methoxy groups -OCH3 is 1. The van der Waals surface area contributed by atoms with Gasteiger partial charge in [0, 0.05) is 5.69 Å². The zero-order chi connectivity index (χ0) is 10.4. The molecule has 0 fully saturated rings. The van der Waals surface area contributed by atoms with Crippen LogP contribution in [0.5, 0.6) is 0 Å². The van der Waals surface area contributed by atoms with Gasteiger partial charge in [0.1, 0.15) is 0 Å². The van der Waals surface area contributed by atoms with E-state index in [0.717, 1.165) is 5.69 Å². The van der Waals surface area contributed by atoms with Gasteiger partial charge in [0.2, 0.25) is 0 Å². The van der Waals surface area contributed by atoms with E-state index in [1.807, 2.05) is 30.3 Å². The van der Waals surface area contributed by atoms with Gasteiger partial charge in [-0.25, -0.2) is 0 Å². The zero-order valence-corrected chi connectivity index (χ0v) is 8.64. The fraction of sp³-hybridized carbons (Fsp3) is 0.200. The SMILES string of the molecule is COC(=O)CC(=S)Nc1ccccc1. The summed E-state index contributed by atoms with van der Waals surface area (Å²) in [6.45, 7) is 0. The first kappa shape index (κ1) is 10.7. The summed E-state index contributed by atoms with van der Waals surface area (Å²) >= 11 is 4.97. The highest BCUT2D eigenvalue weighted by Crippen LogP contribution is 2.06. The Hall–Kier alpha value is -1.42. The van der Waals surface area contributed by atoms with E-state index in [0.29, 0.717) is 4.99 Å². The highest BCUT2D eigenvalue weighted by atomic mass is 32.1. The van der Waals surface area contributed by atoms with Crippen molar-refractivity contribution in [1.82, 2.24) is 0 Å². The fourth-order valence-electron chi connectivity index (χ4n) is 0.930. The van der Waals surface area contributed by atoms with Gasteiger partial charge in [-0.2, -0.15) is 0 Å². The van der Waals surface area contributed by atoms with Crippen molar-refractivity contribution in [2.24, 2.45) is 0 Å². The maximum absolute atomic E-state index is 10.9. The molecular formula is C10H11NO2S. The van der Waals surface area contributed by atoms with Crippen molar-refractivity contribution in [3.05, 3.63) is 30.3 Å². The third-order valence-electron chi connectivity index (χ3n) is 1.59. The van der Waals surface area contributed by atoms with Crippen molar-refractivity contribution in [2.75, 3.05) is 12.4 Å². The molecule has 1 aromatic carbocycles. The summed E-state index contributed by atoms with van der Waals surface area (Å²) in [6.07, 6.45) is 0.112. The molecule has 0 aromatic heterocycles. The van der Waals surface area contributed by atoms with Crippen molar-refractivity contribution in [3.8, 4) is 0 Å². The van der Waals surface area contributed by atoms with Gasteiger partial charge in [0.25, 0.3) is 0 Å². The summed E-state index contributed by atoms with van der Waals surface area (Å²) in [6, 6.07) is 9.45. The van der Waals surface area contributed by atoms with Crippen LogP contribution in [-0.2, 0) is 9.53 Å². The average Bonchev–Trinajstić information content (AvgIpc) is 2.19. The lowest BCUT2D eigenvalue weighted by atomic mass is 10.3. The predicted molar refractivity (Wildman–Crippen MR) is 59.3 cm³/mol. The topological polar surface area (TPSA) is 38.3 Å². The van der Waals surface area contributed by atoms with Crippen molar-refractivity contribution in [3.63, 3.8) is 0 Å². The maximum atomic E-state index is 10.9. The third-order valence-corrected chi connectivity index (χ3v) is 1.84. The molecule has 0 bridgehead atoms. The first-order valence-electron chi connectivity index (χ1n) is 4.14. The van der Waals surface area contributed by atoms with E-state index >= 15 is 0 Å². The van der Waals surface area contributed by atoms with Gasteiger partial charge in [-0.1, -0.05) is 30.4 Å². The molecule has 3 nitrogen and oxygen atoms in total. The van der Waals surface area contributed by atoms with Crippen LogP contribution in [0.1, 0.15) is 6.42 Å². The van der Waals surface area contributed by atoms with Crippen LogP contribution in [0.4, 0.5) is 5.69 Å². The lowest BCUT2D eigenvalue weighted by Crippen LogP contribution is -2.15. The number of rotatable bonds is 3. The molecular weight excluding hydrogens is 198 g/mol. The van der Waals surface area contributed by atoms with Crippen LogP contribution in [-0.4, -0.2) is 18.1 Å². The third kappa shape index (κ3) is 3.53. The molecule has 0 aliphatic carbocycles. The van der Waals surface area contributed by atoms with Crippen LogP contribution in [0.25, 0.3) is 0 Å². The smallest absolute Gasteiger partial charge is 0.312 e. The van der Waals surface area contributed by atoms with Gasteiger partial charge < -0.3 is 10.1 Å². The Balaban J connectivity index is 2.46. The van der Waals surface area contributed by atoms with Crippen LogP contribution in [0.3, 0.4) is 0 Å². The highest BCUT2D eigenvalue weighted by molar-refractivity contribution is 7.80. The first-order chi connectivity index (χ1) is 6.72. The number of thiocarbonyl (C=S) groups is 1. The van der Waals surface area contributed by atoms with E-state index in [9.17, 15) is 4.79 Å². The van der Waals surface area contributed by atoms with E-state index < -0.39 is 0 Å². The number of hydrogen-bond donors (Lipinski definition) is 1. The number of para-hydroxylation sites is 1. The number of anilines is 1. The highest BCUT2D eigenvalue weighted by Gasteiger charge is 2.04. The molecule has 0 aliphatic rings. The van der Waals surface area contributed by atoms with E-state index in [-0.39, 0.29) is 12.4 Å². The Kier molecular flexibility index (Phi) is 4.07. The lowest BCUT2D eigenvalue weighted by Gasteiger charge is -2.05. The molecule has 1 N–H and O–H groups in total.